The summed E-state index contributed by atoms with van der Waals surface area (Å²) < 4.78 is 11.1. The zero-order chi connectivity index (χ0) is 14.1. The molecule has 4 nitrogen and oxygen atoms in total. The second kappa shape index (κ2) is 8.88. The van der Waals surface area contributed by atoms with Crippen molar-refractivity contribution in [2.24, 2.45) is 5.92 Å². The number of rotatable bonds is 9. The van der Waals surface area contributed by atoms with E-state index in [-0.39, 0.29) is 0 Å². The van der Waals surface area contributed by atoms with Crippen LogP contribution in [0.15, 0.2) is 12.1 Å². The van der Waals surface area contributed by atoms with Crippen molar-refractivity contribution in [3.8, 4) is 5.88 Å². The number of nitrogens with one attached hydrogen (secondary N) is 1. The number of aryl methyl sites for hydroxylation is 1. The molecule has 1 N–H and O–H groups in total. The normalized spacial score (nSPS) is 11.0. The largest absolute Gasteiger partial charge is 0.475 e. The van der Waals surface area contributed by atoms with Crippen LogP contribution in [0.4, 0.5) is 0 Å². The van der Waals surface area contributed by atoms with Crippen molar-refractivity contribution < 1.29 is 9.47 Å². The molecule has 0 spiro atoms. The minimum absolute atomic E-state index is 0.548. The van der Waals surface area contributed by atoms with Gasteiger partial charge in [-0.2, -0.15) is 0 Å². The minimum atomic E-state index is 0.548. The average Bonchev–Trinajstić information content (AvgIpc) is 2.38. The number of hydrogen-bond donors (Lipinski definition) is 1. The highest BCUT2D eigenvalue weighted by molar-refractivity contribution is 5.25. The monoisotopic (exact) mass is 266 g/mol. The van der Waals surface area contributed by atoms with E-state index in [9.17, 15) is 0 Å². The van der Waals surface area contributed by atoms with Gasteiger partial charge in [0.2, 0.25) is 5.88 Å². The van der Waals surface area contributed by atoms with Gasteiger partial charge >= 0.3 is 0 Å². The third-order valence-corrected chi connectivity index (χ3v) is 2.59. The Kier molecular flexibility index (Phi) is 7.45. The van der Waals surface area contributed by atoms with Gasteiger partial charge in [0.05, 0.1) is 6.61 Å². The summed E-state index contributed by atoms with van der Waals surface area (Å²) in [6.07, 6.45) is 0.914. The molecule has 0 saturated carbocycles. The summed E-state index contributed by atoms with van der Waals surface area (Å²) >= 11 is 0. The Morgan fingerprint density at radius 3 is 2.68 bits per heavy atom. The minimum Gasteiger partial charge on any atom is -0.475 e. The molecule has 1 aromatic heterocycles. The van der Waals surface area contributed by atoms with E-state index in [4.69, 9.17) is 9.47 Å². The Balaban J connectivity index is 2.45. The van der Waals surface area contributed by atoms with Gasteiger partial charge in [-0.25, -0.2) is 4.98 Å². The number of nitrogens with zero attached hydrogens (tertiary/aromatic N) is 1. The van der Waals surface area contributed by atoms with Crippen molar-refractivity contribution in [3.63, 3.8) is 0 Å². The molecule has 0 aliphatic heterocycles. The molecule has 1 rings (SSSR count). The summed E-state index contributed by atoms with van der Waals surface area (Å²) in [5.74, 6) is 1.25. The van der Waals surface area contributed by atoms with Crippen LogP contribution in [0, 0.1) is 5.92 Å². The molecule has 0 bridgehead atoms. The Morgan fingerprint density at radius 1 is 1.26 bits per heavy atom. The van der Waals surface area contributed by atoms with Crippen molar-refractivity contribution >= 4 is 0 Å². The fraction of sp³-hybridized carbons (Fsp3) is 0.667. The van der Waals surface area contributed by atoms with Gasteiger partial charge < -0.3 is 14.8 Å². The molecule has 1 heterocycles. The molecule has 0 radical (unpaired) electrons. The molecule has 19 heavy (non-hydrogen) atoms. The van der Waals surface area contributed by atoms with Crippen molar-refractivity contribution in [2.75, 3.05) is 26.9 Å². The first-order valence-electron chi connectivity index (χ1n) is 7.00. The summed E-state index contributed by atoms with van der Waals surface area (Å²) in [6, 6.07) is 4.09. The lowest BCUT2D eigenvalue weighted by Gasteiger charge is -2.10. The molecular weight excluding hydrogens is 240 g/mol. The van der Waals surface area contributed by atoms with E-state index >= 15 is 0 Å². The predicted octanol–water partition coefficient (Wildman–Crippen LogP) is 2.41. The third kappa shape index (κ3) is 6.55. The standard InChI is InChI=1S/C15H26N2O2/c1-5-14-8-13(10-16-4)9-15(17-14)19-7-6-18-11-12(2)3/h8-9,12,16H,5-7,10-11H2,1-4H3. The van der Waals surface area contributed by atoms with E-state index in [2.05, 4.69) is 37.1 Å². The van der Waals surface area contributed by atoms with Crippen molar-refractivity contribution in [3.05, 3.63) is 23.4 Å². The Bertz CT molecular complexity index is 367. The summed E-state index contributed by atoms with van der Waals surface area (Å²) in [5.41, 5.74) is 2.26. The molecule has 0 aliphatic rings. The molecule has 0 amide bonds. The fourth-order valence-electron chi connectivity index (χ4n) is 1.71. The van der Waals surface area contributed by atoms with E-state index in [1.165, 1.54) is 5.56 Å². The number of aromatic nitrogens is 1. The van der Waals surface area contributed by atoms with Gasteiger partial charge in [-0.15, -0.1) is 0 Å². The maximum Gasteiger partial charge on any atom is 0.213 e. The third-order valence-electron chi connectivity index (χ3n) is 2.59. The quantitative estimate of drug-likeness (QED) is 0.697. The molecular formula is C15H26N2O2. The van der Waals surface area contributed by atoms with Crippen molar-refractivity contribution in [2.45, 2.75) is 33.7 Å². The molecule has 0 atom stereocenters. The van der Waals surface area contributed by atoms with Gasteiger partial charge in [0.1, 0.15) is 6.61 Å². The molecule has 0 fully saturated rings. The highest BCUT2D eigenvalue weighted by Gasteiger charge is 2.03. The second-order valence-corrected chi connectivity index (χ2v) is 5.01. The van der Waals surface area contributed by atoms with Crippen LogP contribution in [0.1, 0.15) is 32.0 Å². The maximum atomic E-state index is 5.65. The van der Waals surface area contributed by atoms with Crippen LogP contribution < -0.4 is 10.1 Å². The van der Waals surface area contributed by atoms with Crippen molar-refractivity contribution in [1.82, 2.24) is 10.3 Å². The van der Waals surface area contributed by atoms with Crippen LogP contribution in [0.25, 0.3) is 0 Å². The Morgan fingerprint density at radius 2 is 2.05 bits per heavy atom. The summed E-state index contributed by atoms with van der Waals surface area (Å²) in [5, 5.41) is 3.14. The molecule has 0 saturated heterocycles. The molecule has 4 heteroatoms. The molecule has 1 aromatic rings. The Labute approximate surface area is 116 Å². The number of hydrogen-bond acceptors (Lipinski definition) is 4. The van der Waals surface area contributed by atoms with Crippen LogP contribution in [-0.4, -0.2) is 31.9 Å². The lowest BCUT2D eigenvalue weighted by molar-refractivity contribution is 0.0805. The molecule has 0 aromatic carbocycles. The van der Waals surface area contributed by atoms with Crippen LogP contribution in [0.2, 0.25) is 0 Å². The SMILES string of the molecule is CCc1cc(CNC)cc(OCCOCC(C)C)n1. The first-order valence-corrected chi connectivity index (χ1v) is 7.00. The fourth-order valence-corrected chi connectivity index (χ4v) is 1.71. The summed E-state index contributed by atoms with van der Waals surface area (Å²) in [7, 11) is 1.94. The van der Waals surface area contributed by atoms with Crippen LogP contribution >= 0.6 is 0 Å². The summed E-state index contributed by atoms with van der Waals surface area (Å²) in [4.78, 5) is 4.46. The van der Waals surface area contributed by atoms with Gasteiger partial charge in [0.25, 0.3) is 0 Å². The zero-order valence-electron chi connectivity index (χ0n) is 12.5. The van der Waals surface area contributed by atoms with Crippen molar-refractivity contribution in [1.29, 1.82) is 0 Å². The zero-order valence-corrected chi connectivity index (χ0v) is 12.5. The average molecular weight is 266 g/mol. The molecule has 0 aliphatic carbocycles. The van der Waals surface area contributed by atoms with Gasteiger partial charge in [-0.3, -0.25) is 0 Å². The topological polar surface area (TPSA) is 43.4 Å². The maximum absolute atomic E-state index is 5.65. The first kappa shape index (κ1) is 15.9. The highest BCUT2D eigenvalue weighted by atomic mass is 16.5. The van der Waals surface area contributed by atoms with E-state index in [1.807, 2.05) is 13.1 Å². The van der Waals surface area contributed by atoms with Gasteiger partial charge in [0.15, 0.2) is 0 Å². The lowest BCUT2D eigenvalue weighted by Crippen LogP contribution is -2.12. The summed E-state index contributed by atoms with van der Waals surface area (Å²) in [6.45, 7) is 9.13. The lowest BCUT2D eigenvalue weighted by atomic mass is 10.2. The van der Waals surface area contributed by atoms with E-state index in [0.717, 1.165) is 25.3 Å². The highest BCUT2D eigenvalue weighted by Crippen LogP contribution is 2.13. The number of ether oxygens (including phenoxy) is 2. The number of pyridine rings is 1. The predicted molar refractivity (Wildman–Crippen MR) is 77.5 cm³/mol. The van der Waals surface area contributed by atoms with E-state index in [0.29, 0.717) is 25.0 Å². The van der Waals surface area contributed by atoms with E-state index < -0.39 is 0 Å². The van der Waals surface area contributed by atoms with E-state index in [1.54, 1.807) is 0 Å². The van der Waals surface area contributed by atoms with Crippen LogP contribution in [0.3, 0.4) is 0 Å². The van der Waals surface area contributed by atoms with Gasteiger partial charge in [-0.1, -0.05) is 20.8 Å². The second-order valence-electron chi connectivity index (χ2n) is 5.01. The first-order chi connectivity index (χ1) is 9.15. The Hall–Kier alpha value is -1.13. The van der Waals surface area contributed by atoms with Gasteiger partial charge in [-0.05, 0) is 31.0 Å². The smallest absolute Gasteiger partial charge is 0.213 e. The van der Waals surface area contributed by atoms with Gasteiger partial charge in [0, 0.05) is 24.9 Å². The van der Waals surface area contributed by atoms with Crippen LogP contribution in [-0.2, 0) is 17.7 Å². The van der Waals surface area contributed by atoms with Crippen LogP contribution in [0.5, 0.6) is 5.88 Å². The molecule has 0 unspecified atom stereocenters. The molecule has 108 valence electrons.